The third-order valence-corrected chi connectivity index (χ3v) is 4.21. The first-order valence-electron chi connectivity index (χ1n) is 6.35. The van der Waals surface area contributed by atoms with E-state index in [2.05, 4.69) is 12.1 Å². The number of nitrogens with two attached hydrogens (primary N) is 1. The minimum atomic E-state index is -0.368. The van der Waals surface area contributed by atoms with Crippen molar-refractivity contribution in [2.45, 2.75) is 13.2 Å². The lowest BCUT2D eigenvalue weighted by atomic mass is 10.2. The van der Waals surface area contributed by atoms with E-state index >= 15 is 0 Å². The highest BCUT2D eigenvalue weighted by atomic mass is 32.1. The van der Waals surface area contributed by atoms with Gasteiger partial charge in [0.25, 0.3) is 0 Å². The number of thiophene rings is 1. The van der Waals surface area contributed by atoms with Gasteiger partial charge in [-0.15, -0.1) is 11.3 Å². The van der Waals surface area contributed by atoms with Crippen LogP contribution in [0.25, 0.3) is 10.1 Å². The average Bonchev–Trinajstić information content (AvgIpc) is 2.89. The fraction of sp³-hybridized carbons (Fsp3) is 0.125. The van der Waals surface area contributed by atoms with Crippen LogP contribution in [0.5, 0.6) is 5.75 Å². The standard InChI is InChI=1S/C16H14FNOS/c17-14-6-3-4-11(8-18)16(14)19-9-12-10-20-15-7-2-1-5-13(12)15/h1-7,10H,8-9,18H2. The molecule has 0 fully saturated rings. The molecule has 0 saturated carbocycles. The van der Waals surface area contributed by atoms with Crippen molar-refractivity contribution in [3.05, 3.63) is 64.8 Å². The van der Waals surface area contributed by atoms with Gasteiger partial charge in [-0.3, -0.25) is 0 Å². The molecule has 0 aliphatic heterocycles. The molecule has 0 aliphatic rings. The van der Waals surface area contributed by atoms with Gasteiger partial charge in [0.05, 0.1) is 0 Å². The maximum absolute atomic E-state index is 13.8. The molecule has 0 amide bonds. The molecule has 0 unspecified atom stereocenters. The Morgan fingerprint density at radius 1 is 1.05 bits per heavy atom. The van der Waals surface area contributed by atoms with Crippen LogP contribution in [0.1, 0.15) is 11.1 Å². The lowest BCUT2D eigenvalue weighted by Crippen LogP contribution is -2.04. The van der Waals surface area contributed by atoms with Crippen LogP contribution in [0, 0.1) is 5.82 Å². The Morgan fingerprint density at radius 3 is 2.75 bits per heavy atom. The van der Waals surface area contributed by atoms with Gasteiger partial charge in [0.15, 0.2) is 11.6 Å². The van der Waals surface area contributed by atoms with E-state index < -0.39 is 0 Å². The quantitative estimate of drug-likeness (QED) is 0.784. The number of fused-ring (bicyclic) bond motifs is 1. The van der Waals surface area contributed by atoms with Gasteiger partial charge in [0.1, 0.15) is 6.61 Å². The third-order valence-electron chi connectivity index (χ3n) is 3.20. The molecule has 0 aliphatic carbocycles. The van der Waals surface area contributed by atoms with Crippen LogP contribution in [-0.4, -0.2) is 0 Å². The highest BCUT2D eigenvalue weighted by molar-refractivity contribution is 7.17. The number of para-hydroxylation sites is 1. The zero-order valence-corrected chi connectivity index (χ0v) is 11.6. The number of rotatable bonds is 4. The summed E-state index contributed by atoms with van der Waals surface area (Å²) >= 11 is 1.66. The van der Waals surface area contributed by atoms with Gasteiger partial charge in [-0.2, -0.15) is 0 Å². The van der Waals surface area contributed by atoms with Crippen molar-refractivity contribution in [2.75, 3.05) is 0 Å². The maximum Gasteiger partial charge on any atom is 0.165 e. The van der Waals surface area contributed by atoms with Gasteiger partial charge in [-0.25, -0.2) is 4.39 Å². The first kappa shape index (κ1) is 13.1. The van der Waals surface area contributed by atoms with Crippen LogP contribution >= 0.6 is 11.3 Å². The van der Waals surface area contributed by atoms with Crippen molar-refractivity contribution >= 4 is 21.4 Å². The second kappa shape index (κ2) is 5.61. The van der Waals surface area contributed by atoms with Gasteiger partial charge >= 0.3 is 0 Å². The molecule has 1 aromatic heterocycles. The van der Waals surface area contributed by atoms with E-state index in [-0.39, 0.29) is 18.1 Å². The van der Waals surface area contributed by atoms with E-state index in [4.69, 9.17) is 10.5 Å². The first-order chi connectivity index (χ1) is 9.79. The molecule has 3 aromatic rings. The molecule has 4 heteroatoms. The summed E-state index contributed by atoms with van der Waals surface area (Å²) in [4.78, 5) is 0. The number of benzene rings is 2. The van der Waals surface area contributed by atoms with Crippen molar-refractivity contribution in [1.29, 1.82) is 0 Å². The van der Waals surface area contributed by atoms with Crippen LogP contribution in [0.3, 0.4) is 0 Å². The van der Waals surface area contributed by atoms with E-state index in [9.17, 15) is 4.39 Å². The molecule has 0 bridgehead atoms. The summed E-state index contributed by atoms with van der Waals surface area (Å²) in [6.45, 7) is 0.607. The first-order valence-corrected chi connectivity index (χ1v) is 7.23. The zero-order valence-electron chi connectivity index (χ0n) is 10.8. The minimum Gasteiger partial charge on any atom is -0.485 e. The number of hydrogen-bond acceptors (Lipinski definition) is 3. The molecule has 102 valence electrons. The normalized spacial score (nSPS) is 10.9. The van der Waals surface area contributed by atoms with Crippen LogP contribution in [-0.2, 0) is 13.2 Å². The number of halogens is 1. The van der Waals surface area contributed by atoms with Crippen LogP contribution in [0.15, 0.2) is 47.8 Å². The molecule has 2 N–H and O–H groups in total. The van der Waals surface area contributed by atoms with E-state index in [1.807, 2.05) is 17.5 Å². The maximum atomic E-state index is 13.8. The Balaban J connectivity index is 1.87. The van der Waals surface area contributed by atoms with Crippen LogP contribution in [0.2, 0.25) is 0 Å². The third kappa shape index (κ3) is 2.40. The topological polar surface area (TPSA) is 35.2 Å². The van der Waals surface area contributed by atoms with Gasteiger partial charge in [0.2, 0.25) is 0 Å². The molecule has 20 heavy (non-hydrogen) atoms. The molecule has 3 rings (SSSR count). The molecule has 1 heterocycles. The lowest BCUT2D eigenvalue weighted by Gasteiger charge is -2.10. The molecule has 2 aromatic carbocycles. The molecule has 0 atom stereocenters. The monoisotopic (exact) mass is 287 g/mol. The Hall–Kier alpha value is -1.91. The fourth-order valence-electron chi connectivity index (χ4n) is 2.17. The average molecular weight is 287 g/mol. The van der Waals surface area contributed by atoms with E-state index in [0.717, 1.165) is 10.9 Å². The minimum absolute atomic E-state index is 0.255. The molecule has 0 radical (unpaired) electrons. The molecule has 2 nitrogen and oxygen atoms in total. The summed E-state index contributed by atoms with van der Waals surface area (Å²) in [5.74, 6) is -0.113. The fourth-order valence-corrected chi connectivity index (χ4v) is 3.12. The van der Waals surface area contributed by atoms with Gasteiger partial charge in [-0.1, -0.05) is 30.3 Å². The van der Waals surface area contributed by atoms with E-state index in [1.165, 1.54) is 10.8 Å². The van der Waals surface area contributed by atoms with Crippen LogP contribution < -0.4 is 10.5 Å². The highest BCUT2D eigenvalue weighted by Gasteiger charge is 2.10. The Bertz CT molecular complexity index is 738. The summed E-state index contributed by atoms with van der Waals surface area (Å²) in [6.07, 6.45) is 0. The lowest BCUT2D eigenvalue weighted by molar-refractivity contribution is 0.288. The Labute approximate surface area is 120 Å². The van der Waals surface area contributed by atoms with Gasteiger partial charge in [0, 0.05) is 22.4 Å². The summed E-state index contributed by atoms with van der Waals surface area (Å²) in [5, 5.41) is 3.20. The van der Waals surface area contributed by atoms with E-state index in [1.54, 1.807) is 23.5 Å². The number of ether oxygens (including phenoxy) is 1. The molecule has 0 saturated heterocycles. The van der Waals surface area contributed by atoms with Crippen LogP contribution in [0.4, 0.5) is 4.39 Å². The summed E-state index contributed by atoms with van der Waals surface area (Å²) in [7, 11) is 0. The van der Waals surface area contributed by atoms with E-state index in [0.29, 0.717) is 12.2 Å². The summed E-state index contributed by atoms with van der Waals surface area (Å²) in [5.41, 5.74) is 7.37. The Kier molecular flexibility index (Phi) is 3.67. The highest BCUT2D eigenvalue weighted by Crippen LogP contribution is 2.28. The van der Waals surface area contributed by atoms with Gasteiger partial charge < -0.3 is 10.5 Å². The molecular weight excluding hydrogens is 273 g/mol. The SMILES string of the molecule is NCc1cccc(F)c1OCc1csc2ccccc12. The second-order valence-corrected chi connectivity index (χ2v) is 5.39. The largest absolute Gasteiger partial charge is 0.485 e. The number of hydrogen-bond donors (Lipinski definition) is 1. The van der Waals surface area contributed by atoms with Crippen molar-refractivity contribution < 1.29 is 9.13 Å². The van der Waals surface area contributed by atoms with Crippen molar-refractivity contribution in [3.8, 4) is 5.75 Å². The van der Waals surface area contributed by atoms with Crippen molar-refractivity contribution in [2.24, 2.45) is 5.73 Å². The van der Waals surface area contributed by atoms with Crippen molar-refractivity contribution in [1.82, 2.24) is 0 Å². The Morgan fingerprint density at radius 2 is 1.90 bits per heavy atom. The second-order valence-electron chi connectivity index (χ2n) is 4.48. The summed E-state index contributed by atoms with van der Waals surface area (Å²) < 4.78 is 20.7. The summed E-state index contributed by atoms with van der Waals surface area (Å²) in [6, 6.07) is 12.9. The molecular formula is C16H14FNOS. The molecule has 0 spiro atoms. The smallest absolute Gasteiger partial charge is 0.165 e. The van der Waals surface area contributed by atoms with Crippen molar-refractivity contribution in [3.63, 3.8) is 0 Å². The predicted octanol–water partition coefficient (Wildman–Crippen LogP) is 4.08. The predicted molar refractivity (Wildman–Crippen MR) is 80.4 cm³/mol. The van der Waals surface area contributed by atoms with Gasteiger partial charge in [-0.05, 0) is 22.9 Å². The zero-order chi connectivity index (χ0) is 13.9.